The van der Waals surface area contributed by atoms with Crippen molar-refractivity contribution in [2.24, 2.45) is 5.10 Å². The Morgan fingerprint density at radius 2 is 1.94 bits per heavy atom. The molecule has 0 bridgehead atoms. The van der Waals surface area contributed by atoms with E-state index in [4.69, 9.17) is 9.47 Å². The van der Waals surface area contributed by atoms with Gasteiger partial charge in [0.15, 0.2) is 11.5 Å². The monoisotopic (exact) mass is 473 g/mol. The van der Waals surface area contributed by atoms with Crippen LogP contribution < -0.4 is 14.8 Å². The Balaban J connectivity index is 1.82. The summed E-state index contributed by atoms with van der Waals surface area (Å²) in [6.45, 7) is 3.30. The van der Waals surface area contributed by atoms with Gasteiger partial charge in [-0.05, 0) is 48.7 Å². The Labute approximate surface area is 197 Å². The third-order valence-electron chi connectivity index (χ3n) is 5.07. The zero-order valence-corrected chi connectivity index (χ0v) is 19.8. The van der Waals surface area contributed by atoms with Gasteiger partial charge in [0.05, 0.1) is 24.6 Å². The van der Waals surface area contributed by atoms with Crippen LogP contribution in [0.25, 0.3) is 0 Å². The van der Waals surface area contributed by atoms with Gasteiger partial charge in [-0.15, -0.1) is 0 Å². The van der Waals surface area contributed by atoms with E-state index in [1.807, 2.05) is 38.1 Å². The lowest BCUT2D eigenvalue weighted by Crippen LogP contribution is -2.34. The highest BCUT2D eigenvalue weighted by molar-refractivity contribution is 8.14. The summed E-state index contributed by atoms with van der Waals surface area (Å²) in [5.41, 5.74) is 3.13. The molecule has 1 atom stereocenters. The number of hydrogen-bond acceptors (Lipinski definition) is 6. The van der Waals surface area contributed by atoms with Crippen LogP contribution >= 0.6 is 11.8 Å². The largest absolute Gasteiger partial charge is 0.493 e. The van der Waals surface area contributed by atoms with Gasteiger partial charge >= 0.3 is 5.24 Å². The zero-order valence-electron chi connectivity index (χ0n) is 19.0. The number of nitrogens with one attached hydrogen (secondary N) is 1. The summed E-state index contributed by atoms with van der Waals surface area (Å²) in [4.78, 5) is 24.5. The Morgan fingerprint density at radius 3 is 2.58 bits per heavy atom. The highest BCUT2D eigenvalue weighted by atomic mass is 32.2. The lowest BCUT2D eigenvalue weighted by Gasteiger charge is -2.28. The van der Waals surface area contributed by atoms with Crippen molar-refractivity contribution >= 4 is 34.3 Å². The number of rotatable bonds is 10. The van der Waals surface area contributed by atoms with E-state index in [1.54, 1.807) is 18.2 Å². The highest BCUT2D eigenvalue weighted by Gasteiger charge is 2.30. The van der Waals surface area contributed by atoms with Gasteiger partial charge in [0.2, 0.25) is 12.8 Å². The topological polar surface area (TPSA) is 80.2 Å². The van der Waals surface area contributed by atoms with Crippen LogP contribution in [-0.4, -0.2) is 41.1 Å². The molecule has 3 rings (SSSR count). The lowest BCUT2D eigenvalue weighted by atomic mass is 10.0. The lowest BCUT2D eigenvalue weighted by molar-refractivity contribution is -0.116. The van der Waals surface area contributed by atoms with Crippen LogP contribution in [0.2, 0.25) is 0 Å². The normalized spacial score (nSPS) is 15.8. The maximum absolute atomic E-state index is 12.7. The molecular weight excluding hydrogens is 445 g/mol. The van der Waals surface area contributed by atoms with Gasteiger partial charge in [0, 0.05) is 17.7 Å². The maximum atomic E-state index is 12.7. The summed E-state index contributed by atoms with van der Waals surface area (Å²) in [5, 5.41) is 8.72. The van der Waals surface area contributed by atoms with Crippen molar-refractivity contribution in [2.75, 3.05) is 19.3 Å². The molecule has 2 amide bonds. The smallest absolute Gasteiger partial charge is 0.302 e. The van der Waals surface area contributed by atoms with E-state index in [1.165, 1.54) is 23.9 Å². The van der Waals surface area contributed by atoms with Crippen molar-refractivity contribution in [1.29, 1.82) is 0 Å². The van der Waals surface area contributed by atoms with Crippen LogP contribution in [0.3, 0.4) is 0 Å². The Morgan fingerprint density at radius 1 is 1.18 bits per heavy atom. The Hall–Kier alpha value is -3.07. The summed E-state index contributed by atoms with van der Waals surface area (Å²) >= 11 is 1.23. The number of nitrogens with zero attached hydrogens (tertiary/aromatic N) is 2. The van der Waals surface area contributed by atoms with Crippen molar-refractivity contribution in [2.45, 2.75) is 44.9 Å². The van der Waals surface area contributed by atoms with Crippen LogP contribution in [0.1, 0.15) is 44.2 Å². The van der Waals surface area contributed by atoms with E-state index in [9.17, 15) is 14.0 Å². The molecule has 0 radical (unpaired) electrons. The van der Waals surface area contributed by atoms with E-state index >= 15 is 0 Å². The molecule has 0 aliphatic carbocycles. The predicted molar refractivity (Wildman–Crippen MR) is 129 cm³/mol. The van der Waals surface area contributed by atoms with Crippen molar-refractivity contribution in [3.63, 3.8) is 0 Å². The van der Waals surface area contributed by atoms with Gasteiger partial charge in [-0.3, -0.25) is 9.59 Å². The predicted octanol–water partition coefficient (Wildman–Crippen LogP) is 5.59. The number of amides is 2. The first kappa shape index (κ1) is 24.6. The molecule has 1 aliphatic rings. The fourth-order valence-corrected chi connectivity index (χ4v) is 4.35. The molecule has 0 spiro atoms. The number of hydrazone groups is 1. The molecule has 1 unspecified atom stereocenters. The Kier molecular flexibility index (Phi) is 8.71. The second-order valence-corrected chi connectivity index (χ2v) is 8.59. The number of hydrogen-bond donors (Lipinski definition) is 1. The van der Waals surface area contributed by atoms with Gasteiger partial charge in [-0.1, -0.05) is 37.7 Å². The van der Waals surface area contributed by atoms with Crippen molar-refractivity contribution in [3.05, 3.63) is 53.6 Å². The molecule has 0 saturated heterocycles. The molecular formula is C24H28FN3O4S. The summed E-state index contributed by atoms with van der Waals surface area (Å²) in [5.74, 6) is 0.683. The molecule has 9 heteroatoms. The number of benzene rings is 2. The van der Waals surface area contributed by atoms with Gasteiger partial charge in [-0.2, -0.15) is 5.10 Å². The molecule has 2 aromatic carbocycles. The minimum Gasteiger partial charge on any atom is -0.493 e. The molecule has 33 heavy (non-hydrogen) atoms. The standard InChI is InChI=1S/C24H28FN3O4S/c1-4-6-22(29)26-18-10-7-16(8-11-18)14-28-24(30)33-21(5-2)23(27-28)17-9-12-19(32-15-25)20(13-17)31-3/h7-13,21H,4-6,14-15H2,1-3H3,(H,26,29). The molecule has 176 valence electrons. The van der Waals surface area contributed by atoms with Gasteiger partial charge in [0.1, 0.15) is 0 Å². The van der Waals surface area contributed by atoms with E-state index in [0.717, 1.165) is 35.4 Å². The number of ether oxygens (including phenoxy) is 2. The van der Waals surface area contributed by atoms with Crippen molar-refractivity contribution in [3.8, 4) is 11.5 Å². The fraction of sp³-hybridized carbons (Fsp3) is 0.375. The molecule has 0 aromatic heterocycles. The zero-order chi connectivity index (χ0) is 23.8. The quantitative estimate of drug-likeness (QED) is 0.486. The average molecular weight is 474 g/mol. The van der Waals surface area contributed by atoms with Crippen LogP contribution in [0.5, 0.6) is 11.5 Å². The number of halogens is 1. The van der Waals surface area contributed by atoms with E-state index in [2.05, 4.69) is 10.4 Å². The first-order valence-electron chi connectivity index (χ1n) is 10.8. The molecule has 0 fully saturated rings. The number of methoxy groups -OCH3 is 1. The average Bonchev–Trinajstić information content (AvgIpc) is 2.82. The van der Waals surface area contributed by atoms with Gasteiger partial charge in [0.25, 0.3) is 0 Å². The molecule has 2 aromatic rings. The first-order valence-corrected chi connectivity index (χ1v) is 11.7. The number of anilines is 1. The number of alkyl halides is 1. The second-order valence-electron chi connectivity index (χ2n) is 7.44. The number of thioether (sulfide) groups is 1. The van der Waals surface area contributed by atoms with E-state index in [0.29, 0.717) is 24.5 Å². The summed E-state index contributed by atoms with van der Waals surface area (Å²) in [6, 6.07) is 12.5. The Bertz CT molecular complexity index is 1010. The third kappa shape index (κ3) is 6.25. The van der Waals surface area contributed by atoms with Crippen LogP contribution in [0.15, 0.2) is 47.6 Å². The minimum absolute atomic E-state index is 0.0222. The molecule has 1 N–H and O–H groups in total. The van der Waals surface area contributed by atoms with Crippen LogP contribution in [-0.2, 0) is 11.3 Å². The number of carbonyl (C=O) groups is 2. The molecule has 7 nitrogen and oxygen atoms in total. The van der Waals surface area contributed by atoms with Gasteiger partial charge in [-0.25, -0.2) is 9.40 Å². The summed E-state index contributed by atoms with van der Waals surface area (Å²) in [6.07, 6.45) is 1.98. The van der Waals surface area contributed by atoms with E-state index in [-0.39, 0.29) is 16.4 Å². The van der Waals surface area contributed by atoms with E-state index < -0.39 is 6.86 Å². The number of carbonyl (C=O) groups excluding carboxylic acids is 2. The minimum atomic E-state index is -0.951. The molecule has 0 saturated carbocycles. The summed E-state index contributed by atoms with van der Waals surface area (Å²) < 4.78 is 22.9. The fourth-order valence-electron chi connectivity index (χ4n) is 3.42. The molecule has 1 heterocycles. The van der Waals surface area contributed by atoms with Gasteiger partial charge < -0.3 is 14.8 Å². The first-order chi connectivity index (χ1) is 16.0. The second kappa shape index (κ2) is 11.7. The summed E-state index contributed by atoms with van der Waals surface area (Å²) in [7, 11) is 1.49. The highest BCUT2D eigenvalue weighted by Crippen LogP contribution is 2.34. The molecule has 1 aliphatic heterocycles. The third-order valence-corrected chi connectivity index (χ3v) is 6.33. The van der Waals surface area contributed by atoms with Crippen molar-refractivity contribution < 1.29 is 23.5 Å². The van der Waals surface area contributed by atoms with Crippen LogP contribution in [0, 0.1) is 0 Å². The maximum Gasteiger partial charge on any atom is 0.302 e. The van der Waals surface area contributed by atoms with Crippen LogP contribution in [0.4, 0.5) is 14.9 Å². The SMILES string of the molecule is CCCC(=O)Nc1ccc(CN2N=C(c3ccc(OCF)c(OC)c3)C(CC)SC2=O)cc1. The van der Waals surface area contributed by atoms with Crippen molar-refractivity contribution in [1.82, 2.24) is 5.01 Å².